The number of rotatable bonds is 1. The van der Waals surface area contributed by atoms with Crippen LogP contribution in [0.3, 0.4) is 0 Å². The molecule has 0 amide bonds. The maximum Gasteiger partial charge on any atom is 0.252 e. The SMILES string of the molecule is CCn1c(=O)cc(S)c2ccccc21. The Morgan fingerprint density at radius 3 is 2.79 bits per heavy atom. The molecule has 0 bridgehead atoms. The standard InChI is InChI=1S/C11H11NOS/c1-2-12-9-6-4-3-5-8(9)10(14)7-11(12)13/h3-7,14H,2H2,1H3. The molecule has 0 aliphatic carbocycles. The van der Waals surface area contributed by atoms with Crippen LogP contribution in [-0.4, -0.2) is 4.57 Å². The number of hydrogen-bond donors (Lipinski definition) is 1. The minimum Gasteiger partial charge on any atom is -0.308 e. The number of pyridine rings is 1. The summed E-state index contributed by atoms with van der Waals surface area (Å²) in [6.07, 6.45) is 0. The highest BCUT2D eigenvalue weighted by atomic mass is 32.1. The molecule has 0 saturated carbocycles. The van der Waals surface area contributed by atoms with Crippen LogP contribution in [0.15, 0.2) is 40.0 Å². The number of fused-ring (bicyclic) bond motifs is 1. The van der Waals surface area contributed by atoms with Gasteiger partial charge in [0.15, 0.2) is 0 Å². The van der Waals surface area contributed by atoms with Crippen LogP contribution in [0.2, 0.25) is 0 Å². The second-order valence-corrected chi connectivity index (χ2v) is 3.61. The highest BCUT2D eigenvalue weighted by Gasteiger charge is 2.03. The van der Waals surface area contributed by atoms with Crippen LogP contribution in [0, 0.1) is 0 Å². The predicted molar refractivity (Wildman–Crippen MR) is 61.1 cm³/mol. The molecule has 2 nitrogen and oxygen atoms in total. The smallest absolute Gasteiger partial charge is 0.252 e. The van der Waals surface area contributed by atoms with Gasteiger partial charge < -0.3 is 4.57 Å². The fourth-order valence-electron chi connectivity index (χ4n) is 1.64. The number of thiol groups is 1. The molecule has 2 aromatic rings. The minimum absolute atomic E-state index is 0.0104. The second-order valence-electron chi connectivity index (χ2n) is 3.13. The lowest BCUT2D eigenvalue weighted by atomic mass is 10.2. The number of aryl methyl sites for hydroxylation is 1. The molecular weight excluding hydrogens is 194 g/mol. The first-order valence-corrected chi connectivity index (χ1v) is 5.00. The summed E-state index contributed by atoms with van der Waals surface area (Å²) in [6.45, 7) is 2.65. The van der Waals surface area contributed by atoms with Crippen molar-refractivity contribution in [3.63, 3.8) is 0 Å². The van der Waals surface area contributed by atoms with Crippen molar-refractivity contribution < 1.29 is 0 Å². The molecule has 14 heavy (non-hydrogen) atoms. The van der Waals surface area contributed by atoms with E-state index in [1.165, 1.54) is 0 Å². The van der Waals surface area contributed by atoms with Crippen molar-refractivity contribution in [3.8, 4) is 0 Å². The van der Waals surface area contributed by atoms with Gasteiger partial charge in [0.2, 0.25) is 0 Å². The third-order valence-electron chi connectivity index (χ3n) is 2.31. The Morgan fingerprint density at radius 1 is 1.36 bits per heavy atom. The van der Waals surface area contributed by atoms with Crippen molar-refractivity contribution in [1.82, 2.24) is 4.57 Å². The molecule has 0 aliphatic rings. The third kappa shape index (κ3) is 1.34. The van der Waals surface area contributed by atoms with Crippen LogP contribution in [0.1, 0.15) is 6.92 Å². The van der Waals surface area contributed by atoms with Gasteiger partial charge >= 0.3 is 0 Å². The summed E-state index contributed by atoms with van der Waals surface area (Å²) in [6, 6.07) is 9.37. The van der Waals surface area contributed by atoms with Gasteiger partial charge in [-0.25, -0.2) is 0 Å². The van der Waals surface area contributed by atoms with Gasteiger partial charge in [-0.1, -0.05) is 18.2 Å². The number of aromatic nitrogens is 1. The lowest BCUT2D eigenvalue weighted by molar-refractivity contribution is 0.756. The largest absolute Gasteiger partial charge is 0.308 e. The van der Waals surface area contributed by atoms with Crippen LogP contribution in [0.4, 0.5) is 0 Å². The first kappa shape index (κ1) is 9.34. The molecular formula is C11H11NOS. The fourth-order valence-corrected chi connectivity index (χ4v) is 1.94. The maximum atomic E-state index is 11.6. The lowest BCUT2D eigenvalue weighted by Gasteiger charge is -2.08. The Kier molecular flexibility index (Phi) is 2.33. The highest BCUT2D eigenvalue weighted by Crippen LogP contribution is 2.19. The Morgan fingerprint density at radius 2 is 2.07 bits per heavy atom. The van der Waals surface area contributed by atoms with Gasteiger partial charge in [-0.05, 0) is 13.0 Å². The molecule has 1 aromatic carbocycles. The van der Waals surface area contributed by atoms with E-state index >= 15 is 0 Å². The summed E-state index contributed by atoms with van der Waals surface area (Å²) in [4.78, 5) is 12.3. The zero-order valence-corrected chi connectivity index (χ0v) is 8.79. The van der Waals surface area contributed by atoms with Gasteiger partial charge in [-0.2, -0.15) is 0 Å². The summed E-state index contributed by atoms with van der Waals surface area (Å²) >= 11 is 4.29. The topological polar surface area (TPSA) is 22.0 Å². The van der Waals surface area contributed by atoms with Crippen LogP contribution in [-0.2, 0) is 6.54 Å². The average Bonchev–Trinajstić information content (AvgIpc) is 2.18. The molecule has 2 rings (SSSR count). The van der Waals surface area contributed by atoms with Gasteiger partial charge in [0, 0.05) is 22.9 Å². The van der Waals surface area contributed by atoms with Crippen molar-refractivity contribution in [2.45, 2.75) is 18.4 Å². The van der Waals surface area contributed by atoms with Crippen LogP contribution in [0.25, 0.3) is 10.9 Å². The normalized spacial score (nSPS) is 10.7. The Labute approximate surface area is 87.6 Å². The Hall–Kier alpha value is -1.22. The monoisotopic (exact) mass is 205 g/mol. The van der Waals surface area contributed by atoms with E-state index in [-0.39, 0.29) is 5.56 Å². The van der Waals surface area contributed by atoms with Crippen molar-refractivity contribution in [3.05, 3.63) is 40.7 Å². The van der Waals surface area contributed by atoms with Crippen molar-refractivity contribution in [1.29, 1.82) is 0 Å². The molecule has 0 atom stereocenters. The zero-order valence-electron chi connectivity index (χ0n) is 7.90. The predicted octanol–water partition coefficient (Wildman–Crippen LogP) is 2.31. The van der Waals surface area contributed by atoms with E-state index in [1.54, 1.807) is 10.6 Å². The number of nitrogens with zero attached hydrogens (tertiary/aromatic N) is 1. The minimum atomic E-state index is 0.0104. The quantitative estimate of drug-likeness (QED) is 0.709. The van der Waals surface area contributed by atoms with E-state index in [0.29, 0.717) is 6.54 Å². The van der Waals surface area contributed by atoms with E-state index in [1.807, 2.05) is 31.2 Å². The molecule has 1 aromatic heterocycles. The van der Waals surface area contributed by atoms with E-state index in [0.717, 1.165) is 15.8 Å². The summed E-state index contributed by atoms with van der Waals surface area (Å²) in [5.74, 6) is 0. The third-order valence-corrected chi connectivity index (χ3v) is 2.68. The molecule has 0 unspecified atom stereocenters. The molecule has 0 saturated heterocycles. The molecule has 0 aliphatic heterocycles. The summed E-state index contributed by atoms with van der Waals surface area (Å²) in [7, 11) is 0. The first-order chi connectivity index (χ1) is 6.74. The number of hydrogen-bond acceptors (Lipinski definition) is 2. The van der Waals surface area contributed by atoms with Crippen LogP contribution < -0.4 is 5.56 Å². The zero-order chi connectivity index (χ0) is 10.1. The van der Waals surface area contributed by atoms with Crippen molar-refractivity contribution >= 4 is 23.5 Å². The van der Waals surface area contributed by atoms with Crippen LogP contribution in [0.5, 0.6) is 0 Å². The Balaban J connectivity index is 2.98. The van der Waals surface area contributed by atoms with Crippen molar-refractivity contribution in [2.75, 3.05) is 0 Å². The first-order valence-electron chi connectivity index (χ1n) is 4.55. The van der Waals surface area contributed by atoms with Crippen molar-refractivity contribution in [2.24, 2.45) is 0 Å². The van der Waals surface area contributed by atoms with Gasteiger partial charge in [0.25, 0.3) is 5.56 Å². The summed E-state index contributed by atoms with van der Waals surface area (Å²) in [5.41, 5.74) is 0.962. The Bertz CT molecular complexity index is 530. The molecule has 0 N–H and O–H groups in total. The van der Waals surface area contributed by atoms with E-state index < -0.39 is 0 Å². The van der Waals surface area contributed by atoms with Gasteiger partial charge in [0.05, 0.1) is 5.52 Å². The fraction of sp³-hybridized carbons (Fsp3) is 0.182. The molecule has 0 spiro atoms. The summed E-state index contributed by atoms with van der Waals surface area (Å²) in [5, 5.41) is 1.03. The average molecular weight is 205 g/mol. The molecule has 3 heteroatoms. The van der Waals surface area contributed by atoms with Gasteiger partial charge in [0.1, 0.15) is 0 Å². The summed E-state index contributed by atoms with van der Waals surface area (Å²) < 4.78 is 1.75. The highest BCUT2D eigenvalue weighted by molar-refractivity contribution is 7.80. The molecule has 72 valence electrons. The van der Waals surface area contributed by atoms with Gasteiger partial charge in [-0.15, -0.1) is 12.6 Å². The van der Waals surface area contributed by atoms with Gasteiger partial charge in [-0.3, -0.25) is 4.79 Å². The number of benzene rings is 1. The maximum absolute atomic E-state index is 11.6. The molecule has 1 heterocycles. The van der Waals surface area contributed by atoms with E-state index in [2.05, 4.69) is 12.6 Å². The number of para-hydroxylation sites is 1. The van der Waals surface area contributed by atoms with E-state index in [9.17, 15) is 4.79 Å². The molecule has 0 fully saturated rings. The van der Waals surface area contributed by atoms with Crippen LogP contribution >= 0.6 is 12.6 Å². The molecule has 0 radical (unpaired) electrons. The lowest BCUT2D eigenvalue weighted by Crippen LogP contribution is -2.18. The second kappa shape index (κ2) is 3.50. The van der Waals surface area contributed by atoms with E-state index in [4.69, 9.17) is 0 Å².